The number of hydrogen-bond donors (Lipinski definition) is 1. The van der Waals surface area contributed by atoms with Gasteiger partial charge in [0.15, 0.2) is 17.3 Å². The van der Waals surface area contributed by atoms with Crippen LogP contribution in [0.4, 0.5) is 15.9 Å². The second-order valence-electron chi connectivity index (χ2n) is 4.67. The van der Waals surface area contributed by atoms with E-state index < -0.39 is 11.8 Å². The topological polar surface area (TPSA) is 79.3 Å². The molecule has 0 aliphatic carbocycles. The number of fused-ring (bicyclic) bond motifs is 1. The molecule has 3 aromatic rings. The van der Waals surface area contributed by atoms with Crippen molar-refractivity contribution in [2.75, 3.05) is 0 Å². The van der Waals surface area contributed by atoms with Crippen molar-refractivity contribution >= 4 is 23.1 Å². The molecule has 6 nitrogen and oxygen atoms in total. The Morgan fingerprint density at radius 1 is 1.27 bits per heavy atom. The Morgan fingerprint density at radius 3 is 2.77 bits per heavy atom. The van der Waals surface area contributed by atoms with Gasteiger partial charge in [0.2, 0.25) is 0 Å². The number of imidazole rings is 1. The molecule has 3 rings (SSSR count). The number of carbonyl (C=O) groups is 1. The minimum absolute atomic E-state index is 0.0286. The van der Waals surface area contributed by atoms with Crippen molar-refractivity contribution in [1.29, 1.82) is 0 Å². The number of pyridine rings is 1. The van der Waals surface area contributed by atoms with Crippen LogP contribution in [-0.2, 0) is 0 Å². The van der Waals surface area contributed by atoms with Crippen molar-refractivity contribution in [2.45, 2.75) is 6.92 Å². The molecule has 0 aliphatic heterocycles. The van der Waals surface area contributed by atoms with Gasteiger partial charge in [-0.05, 0) is 36.8 Å². The SMILES string of the molecule is Cc1ccn2c(N=Nc3ccccc3F)c(C(=O)O)nc2c1. The van der Waals surface area contributed by atoms with E-state index in [1.54, 1.807) is 24.4 Å². The first kappa shape index (κ1) is 13.9. The smallest absolute Gasteiger partial charge is 0.358 e. The van der Waals surface area contributed by atoms with E-state index >= 15 is 0 Å². The number of carboxylic acids is 1. The molecule has 0 radical (unpaired) electrons. The summed E-state index contributed by atoms with van der Waals surface area (Å²) in [6.45, 7) is 1.87. The fraction of sp³-hybridized carbons (Fsp3) is 0.0667. The van der Waals surface area contributed by atoms with Crippen molar-refractivity contribution in [3.63, 3.8) is 0 Å². The molecular formula is C15H11FN4O2. The number of aryl methyl sites for hydroxylation is 1. The molecule has 22 heavy (non-hydrogen) atoms. The first-order valence-electron chi connectivity index (χ1n) is 6.44. The zero-order chi connectivity index (χ0) is 15.7. The predicted molar refractivity (Wildman–Crippen MR) is 77.5 cm³/mol. The molecule has 0 saturated heterocycles. The average molecular weight is 298 g/mol. The zero-order valence-corrected chi connectivity index (χ0v) is 11.6. The van der Waals surface area contributed by atoms with Crippen molar-refractivity contribution in [3.05, 3.63) is 59.7 Å². The Bertz CT molecular complexity index is 902. The molecule has 0 unspecified atom stereocenters. The molecule has 2 heterocycles. The minimum atomic E-state index is -1.22. The van der Waals surface area contributed by atoms with E-state index in [0.717, 1.165) is 5.56 Å². The Kier molecular flexibility index (Phi) is 3.38. The van der Waals surface area contributed by atoms with Crippen molar-refractivity contribution in [3.8, 4) is 0 Å². The standard InChI is InChI=1S/C15H11FN4O2/c1-9-6-7-20-12(8-9)17-13(15(21)22)14(20)19-18-11-5-3-2-4-10(11)16/h2-8H,1H3,(H,21,22). The van der Waals surface area contributed by atoms with Gasteiger partial charge in [0.1, 0.15) is 11.3 Å². The molecule has 0 saturated carbocycles. The van der Waals surface area contributed by atoms with Gasteiger partial charge in [-0.1, -0.05) is 12.1 Å². The lowest BCUT2D eigenvalue weighted by molar-refractivity contribution is 0.0692. The summed E-state index contributed by atoms with van der Waals surface area (Å²) >= 11 is 0. The quantitative estimate of drug-likeness (QED) is 0.745. The fourth-order valence-electron chi connectivity index (χ4n) is 2.01. The third-order valence-corrected chi connectivity index (χ3v) is 3.06. The average Bonchev–Trinajstić information content (AvgIpc) is 2.84. The van der Waals surface area contributed by atoms with Gasteiger partial charge >= 0.3 is 5.97 Å². The minimum Gasteiger partial charge on any atom is -0.476 e. The molecule has 0 bridgehead atoms. The summed E-state index contributed by atoms with van der Waals surface area (Å²) in [6.07, 6.45) is 1.65. The molecule has 1 aromatic carbocycles. The summed E-state index contributed by atoms with van der Waals surface area (Å²) in [7, 11) is 0. The first-order chi connectivity index (χ1) is 10.6. The predicted octanol–water partition coefficient (Wildman–Crippen LogP) is 3.90. The van der Waals surface area contributed by atoms with Crippen LogP contribution in [0.25, 0.3) is 5.65 Å². The van der Waals surface area contributed by atoms with E-state index in [4.69, 9.17) is 0 Å². The number of aromatic carboxylic acids is 1. The summed E-state index contributed by atoms with van der Waals surface area (Å²) < 4.78 is 15.1. The summed E-state index contributed by atoms with van der Waals surface area (Å²) in [6, 6.07) is 9.38. The molecule has 0 aliphatic rings. The number of hydrogen-bond acceptors (Lipinski definition) is 4. The van der Waals surface area contributed by atoms with Crippen molar-refractivity contribution in [2.24, 2.45) is 10.2 Å². The maximum Gasteiger partial charge on any atom is 0.358 e. The van der Waals surface area contributed by atoms with Gasteiger partial charge in [-0.15, -0.1) is 10.2 Å². The highest BCUT2D eigenvalue weighted by atomic mass is 19.1. The van der Waals surface area contributed by atoms with Gasteiger partial charge in [-0.25, -0.2) is 14.2 Å². The van der Waals surface area contributed by atoms with Gasteiger partial charge in [0.25, 0.3) is 0 Å². The van der Waals surface area contributed by atoms with E-state index in [-0.39, 0.29) is 17.2 Å². The number of rotatable bonds is 3. The van der Waals surface area contributed by atoms with E-state index in [9.17, 15) is 14.3 Å². The highest BCUT2D eigenvalue weighted by Crippen LogP contribution is 2.25. The van der Waals surface area contributed by atoms with Gasteiger partial charge in [-0.3, -0.25) is 4.40 Å². The van der Waals surface area contributed by atoms with Crippen LogP contribution in [0.1, 0.15) is 16.1 Å². The van der Waals surface area contributed by atoms with Crippen LogP contribution in [0.5, 0.6) is 0 Å². The molecular weight excluding hydrogens is 287 g/mol. The Morgan fingerprint density at radius 2 is 2.05 bits per heavy atom. The van der Waals surface area contributed by atoms with E-state index in [1.165, 1.54) is 22.6 Å². The molecule has 0 fully saturated rings. The van der Waals surface area contributed by atoms with Crippen molar-refractivity contribution < 1.29 is 14.3 Å². The Hall–Kier alpha value is -3.09. The number of aromatic nitrogens is 2. The summed E-state index contributed by atoms with van der Waals surface area (Å²) in [5.41, 5.74) is 1.18. The molecule has 110 valence electrons. The fourth-order valence-corrected chi connectivity index (χ4v) is 2.01. The summed E-state index contributed by atoms with van der Waals surface area (Å²) in [5.74, 6) is -1.71. The van der Waals surface area contributed by atoms with Crippen LogP contribution >= 0.6 is 0 Å². The van der Waals surface area contributed by atoms with Crippen LogP contribution < -0.4 is 0 Å². The molecule has 2 aromatic heterocycles. The maximum absolute atomic E-state index is 13.6. The maximum atomic E-state index is 13.6. The van der Waals surface area contributed by atoms with Crippen LogP contribution in [0.2, 0.25) is 0 Å². The zero-order valence-electron chi connectivity index (χ0n) is 11.6. The number of nitrogens with zero attached hydrogens (tertiary/aromatic N) is 4. The van der Waals surface area contributed by atoms with E-state index in [0.29, 0.717) is 5.65 Å². The lowest BCUT2D eigenvalue weighted by atomic mass is 10.3. The Labute approximate surface area is 124 Å². The third-order valence-electron chi connectivity index (χ3n) is 3.06. The monoisotopic (exact) mass is 298 g/mol. The molecule has 0 amide bonds. The van der Waals surface area contributed by atoms with Gasteiger partial charge in [-0.2, -0.15) is 0 Å². The van der Waals surface area contributed by atoms with Crippen LogP contribution in [0.15, 0.2) is 52.8 Å². The molecule has 7 heteroatoms. The highest BCUT2D eigenvalue weighted by Gasteiger charge is 2.18. The number of halogens is 1. The van der Waals surface area contributed by atoms with Gasteiger partial charge in [0.05, 0.1) is 0 Å². The second-order valence-corrected chi connectivity index (χ2v) is 4.67. The number of carboxylic acid groups (broad SMARTS) is 1. The van der Waals surface area contributed by atoms with Crippen LogP contribution in [0.3, 0.4) is 0 Å². The summed E-state index contributed by atoms with van der Waals surface area (Å²) in [5, 5.41) is 16.9. The number of azo groups is 1. The van der Waals surface area contributed by atoms with Crippen LogP contribution in [-0.4, -0.2) is 20.5 Å². The highest BCUT2D eigenvalue weighted by molar-refractivity contribution is 5.91. The molecule has 0 spiro atoms. The summed E-state index contributed by atoms with van der Waals surface area (Å²) in [4.78, 5) is 15.3. The largest absolute Gasteiger partial charge is 0.476 e. The lowest BCUT2D eigenvalue weighted by Crippen LogP contribution is -1.96. The molecule has 1 N–H and O–H groups in total. The third kappa shape index (κ3) is 2.44. The van der Waals surface area contributed by atoms with E-state index in [1.807, 2.05) is 6.92 Å². The number of benzene rings is 1. The van der Waals surface area contributed by atoms with Gasteiger partial charge in [0, 0.05) is 6.20 Å². The van der Waals surface area contributed by atoms with Gasteiger partial charge < -0.3 is 5.11 Å². The normalized spacial score (nSPS) is 11.4. The first-order valence-corrected chi connectivity index (χ1v) is 6.44. The van der Waals surface area contributed by atoms with Crippen LogP contribution in [0, 0.1) is 12.7 Å². The molecule has 0 atom stereocenters. The van der Waals surface area contributed by atoms with E-state index in [2.05, 4.69) is 15.2 Å². The van der Waals surface area contributed by atoms with Crippen molar-refractivity contribution in [1.82, 2.24) is 9.38 Å². The second kappa shape index (κ2) is 5.36. The Balaban J connectivity index is 2.15. The lowest BCUT2D eigenvalue weighted by Gasteiger charge is -1.98.